The number of carbonyl (C=O) groups excluding carboxylic acids is 1. The van der Waals surface area contributed by atoms with Crippen LogP contribution in [0.15, 0.2) is 21.9 Å². The number of hydrogen-bond acceptors (Lipinski definition) is 6. The predicted molar refractivity (Wildman–Crippen MR) is 79.6 cm³/mol. The standard InChI is InChI=1S/C13H15F3N4O3S/c1-8-9(3-5-22-8)10-18-19-11(20(10)2)24-6-4-17-12(21)23-7-13(14,15)16/h3,5H,4,6-7H2,1-2H3,(H,17,21). The highest BCUT2D eigenvalue weighted by atomic mass is 32.2. The molecule has 0 unspecified atom stereocenters. The second-order valence-electron chi connectivity index (χ2n) is 4.72. The van der Waals surface area contributed by atoms with Crippen molar-refractivity contribution in [2.75, 3.05) is 18.9 Å². The van der Waals surface area contributed by atoms with E-state index in [4.69, 9.17) is 4.42 Å². The van der Waals surface area contributed by atoms with Gasteiger partial charge in [0.25, 0.3) is 0 Å². The van der Waals surface area contributed by atoms with E-state index in [1.54, 1.807) is 23.9 Å². The summed E-state index contributed by atoms with van der Waals surface area (Å²) in [6.45, 7) is 0.338. The summed E-state index contributed by atoms with van der Waals surface area (Å²) in [7, 11) is 1.79. The van der Waals surface area contributed by atoms with Crippen LogP contribution in [0.1, 0.15) is 5.76 Å². The van der Waals surface area contributed by atoms with Crippen molar-refractivity contribution in [3.63, 3.8) is 0 Å². The number of alkyl carbamates (subject to hydrolysis) is 1. The minimum atomic E-state index is -4.54. The number of aromatic nitrogens is 3. The van der Waals surface area contributed by atoms with Gasteiger partial charge in [-0.25, -0.2) is 4.79 Å². The lowest BCUT2D eigenvalue weighted by atomic mass is 10.2. The van der Waals surface area contributed by atoms with Crippen LogP contribution in [0, 0.1) is 6.92 Å². The number of nitrogens with one attached hydrogen (secondary N) is 1. The van der Waals surface area contributed by atoms with E-state index in [0.29, 0.717) is 16.7 Å². The molecule has 2 heterocycles. The predicted octanol–water partition coefficient (Wildman–Crippen LogP) is 2.76. The normalized spacial score (nSPS) is 11.5. The molecular weight excluding hydrogens is 349 g/mol. The average molecular weight is 364 g/mol. The molecule has 0 aliphatic carbocycles. The molecular formula is C13H15F3N4O3S. The Morgan fingerprint density at radius 2 is 2.21 bits per heavy atom. The molecule has 2 aromatic rings. The Hall–Kier alpha value is -2.17. The zero-order chi connectivity index (χ0) is 17.7. The Labute approximate surface area is 139 Å². The van der Waals surface area contributed by atoms with E-state index < -0.39 is 18.9 Å². The van der Waals surface area contributed by atoms with Crippen LogP contribution in [0.2, 0.25) is 0 Å². The van der Waals surface area contributed by atoms with Crippen LogP contribution in [0.5, 0.6) is 0 Å². The topological polar surface area (TPSA) is 82.2 Å². The van der Waals surface area contributed by atoms with Crippen molar-refractivity contribution < 1.29 is 27.1 Å². The molecule has 24 heavy (non-hydrogen) atoms. The Kier molecular flexibility index (Phi) is 5.75. The van der Waals surface area contributed by atoms with Crippen LogP contribution < -0.4 is 5.32 Å². The van der Waals surface area contributed by atoms with E-state index in [0.717, 1.165) is 11.3 Å². The zero-order valence-corrected chi connectivity index (χ0v) is 13.7. The monoisotopic (exact) mass is 364 g/mol. The smallest absolute Gasteiger partial charge is 0.422 e. The maximum absolute atomic E-state index is 11.9. The first-order chi connectivity index (χ1) is 11.3. The third-order valence-corrected chi connectivity index (χ3v) is 3.93. The van der Waals surface area contributed by atoms with E-state index in [9.17, 15) is 18.0 Å². The number of hydrogen-bond donors (Lipinski definition) is 1. The quantitative estimate of drug-likeness (QED) is 0.627. The summed E-state index contributed by atoms with van der Waals surface area (Å²) in [5, 5.41) is 11.0. The third-order valence-electron chi connectivity index (χ3n) is 2.90. The van der Waals surface area contributed by atoms with Gasteiger partial charge in [-0.1, -0.05) is 11.8 Å². The lowest BCUT2D eigenvalue weighted by molar-refractivity contribution is -0.160. The molecule has 1 amide bonds. The Morgan fingerprint density at radius 3 is 2.83 bits per heavy atom. The van der Waals surface area contributed by atoms with Gasteiger partial charge >= 0.3 is 12.3 Å². The number of nitrogens with zero attached hydrogens (tertiary/aromatic N) is 3. The molecule has 2 rings (SSSR count). The maximum Gasteiger partial charge on any atom is 0.422 e. The fraction of sp³-hybridized carbons (Fsp3) is 0.462. The lowest BCUT2D eigenvalue weighted by Crippen LogP contribution is -2.30. The molecule has 2 aromatic heterocycles. The van der Waals surface area contributed by atoms with E-state index in [2.05, 4.69) is 20.3 Å². The van der Waals surface area contributed by atoms with Gasteiger partial charge < -0.3 is 19.0 Å². The molecule has 0 atom stereocenters. The summed E-state index contributed by atoms with van der Waals surface area (Å²) in [6.07, 6.45) is -4.09. The number of furan rings is 1. The molecule has 132 valence electrons. The summed E-state index contributed by atoms with van der Waals surface area (Å²) in [6, 6.07) is 1.78. The Bertz CT molecular complexity index is 699. The molecule has 0 saturated heterocycles. The molecule has 0 fully saturated rings. The molecule has 0 saturated carbocycles. The molecule has 0 aromatic carbocycles. The molecule has 0 aliphatic rings. The fourth-order valence-corrected chi connectivity index (χ4v) is 2.55. The first kappa shape index (κ1) is 18.2. The first-order valence-corrected chi connectivity index (χ1v) is 7.80. The number of alkyl halides is 3. The summed E-state index contributed by atoms with van der Waals surface area (Å²) in [4.78, 5) is 11.1. The van der Waals surface area contributed by atoms with E-state index in [1.165, 1.54) is 11.8 Å². The molecule has 7 nitrogen and oxygen atoms in total. The van der Waals surface area contributed by atoms with Crippen molar-refractivity contribution in [2.45, 2.75) is 18.3 Å². The molecule has 0 aliphatic heterocycles. The highest BCUT2D eigenvalue weighted by molar-refractivity contribution is 7.99. The second kappa shape index (κ2) is 7.60. The van der Waals surface area contributed by atoms with Crippen molar-refractivity contribution in [1.29, 1.82) is 0 Å². The highest BCUT2D eigenvalue weighted by Crippen LogP contribution is 2.25. The number of aryl methyl sites for hydroxylation is 1. The van der Waals surface area contributed by atoms with Gasteiger partial charge in [0.15, 0.2) is 17.6 Å². The second-order valence-corrected chi connectivity index (χ2v) is 5.78. The summed E-state index contributed by atoms with van der Waals surface area (Å²) >= 11 is 1.30. The summed E-state index contributed by atoms with van der Waals surface area (Å²) < 4.78 is 46.7. The fourth-order valence-electron chi connectivity index (χ4n) is 1.79. The van der Waals surface area contributed by atoms with E-state index in [-0.39, 0.29) is 6.54 Å². The van der Waals surface area contributed by atoms with Gasteiger partial charge in [0.2, 0.25) is 0 Å². The van der Waals surface area contributed by atoms with Gasteiger partial charge in [0.1, 0.15) is 5.76 Å². The van der Waals surface area contributed by atoms with Crippen LogP contribution in [-0.4, -0.2) is 45.9 Å². The van der Waals surface area contributed by atoms with E-state index in [1.807, 2.05) is 6.92 Å². The summed E-state index contributed by atoms with van der Waals surface area (Å²) in [5.74, 6) is 1.76. The van der Waals surface area contributed by atoms with Crippen molar-refractivity contribution in [3.05, 3.63) is 18.1 Å². The average Bonchev–Trinajstić information content (AvgIpc) is 3.07. The van der Waals surface area contributed by atoms with Crippen molar-refractivity contribution in [3.8, 4) is 11.4 Å². The molecule has 11 heteroatoms. The van der Waals surface area contributed by atoms with Crippen LogP contribution in [0.25, 0.3) is 11.4 Å². The highest BCUT2D eigenvalue weighted by Gasteiger charge is 2.29. The van der Waals surface area contributed by atoms with Gasteiger partial charge in [0.05, 0.1) is 11.8 Å². The maximum atomic E-state index is 11.9. The molecule has 0 spiro atoms. The van der Waals surface area contributed by atoms with Crippen LogP contribution in [0.4, 0.5) is 18.0 Å². The van der Waals surface area contributed by atoms with Crippen molar-refractivity contribution >= 4 is 17.9 Å². The van der Waals surface area contributed by atoms with Gasteiger partial charge in [0, 0.05) is 19.3 Å². The molecule has 0 radical (unpaired) electrons. The minimum absolute atomic E-state index is 0.133. The Balaban J connectivity index is 1.79. The molecule has 0 bridgehead atoms. The number of carbonyl (C=O) groups is 1. The minimum Gasteiger partial charge on any atom is -0.469 e. The van der Waals surface area contributed by atoms with Gasteiger partial charge in [-0.05, 0) is 13.0 Å². The first-order valence-electron chi connectivity index (χ1n) is 6.82. The largest absolute Gasteiger partial charge is 0.469 e. The summed E-state index contributed by atoms with van der Waals surface area (Å²) in [5.41, 5.74) is 0.825. The van der Waals surface area contributed by atoms with Crippen LogP contribution >= 0.6 is 11.8 Å². The number of rotatable bonds is 6. The van der Waals surface area contributed by atoms with Crippen LogP contribution in [0.3, 0.4) is 0 Å². The molecule has 1 N–H and O–H groups in total. The Morgan fingerprint density at radius 1 is 1.46 bits per heavy atom. The lowest BCUT2D eigenvalue weighted by Gasteiger charge is -2.08. The number of ether oxygens (including phenoxy) is 1. The SMILES string of the molecule is Cc1occc1-c1nnc(SCCNC(=O)OCC(F)(F)F)n1C. The number of halogens is 3. The number of thioether (sulfide) groups is 1. The number of amides is 1. The third kappa shape index (κ3) is 4.91. The van der Waals surface area contributed by atoms with E-state index >= 15 is 0 Å². The zero-order valence-electron chi connectivity index (χ0n) is 12.9. The van der Waals surface area contributed by atoms with Crippen molar-refractivity contribution in [2.24, 2.45) is 7.05 Å². The van der Waals surface area contributed by atoms with Gasteiger partial charge in [-0.15, -0.1) is 10.2 Å². The van der Waals surface area contributed by atoms with Crippen molar-refractivity contribution in [1.82, 2.24) is 20.1 Å². The van der Waals surface area contributed by atoms with Gasteiger partial charge in [-0.2, -0.15) is 13.2 Å². The van der Waals surface area contributed by atoms with Crippen LogP contribution in [-0.2, 0) is 11.8 Å². The van der Waals surface area contributed by atoms with Gasteiger partial charge in [-0.3, -0.25) is 0 Å².